The van der Waals surface area contributed by atoms with Crippen LogP contribution in [0.2, 0.25) is 0 Å². The van der Waals surface area contributed by atoms with E-state index in [-0.39, 0.29) is 6.04 Å². The van der Waals surface area contributed by atoms with Crippen LogP contribution in [0, 0.1) is 6.92 Å². The topological polar surface area (TPSA) is 118 Å². The van der Waals surface area contributed by atoms with E-state index in [1.54, 1.807) is 6.20 Å². The largest absolute Gasteiger partial charge is 0.464 e. The summed E-state index contributed by atoms with van der Waals surface area (Å²) in [5, 5.41) is 10.8. The second-order valence-corrected chi connectivity index (χ2v) is 4.49. The summed E-state index contributed by atoms with van der Waals surface area (Å²) in [5.74, 6) is 8.02. The van der Waals surface area contributed by atoms with Crippen molar-refractivity contribution in [3.63, 3.8) is 0 Å². The summed E-state index contributed by atoms with van der Waals surface area (Å²) in [6.07, 6.45) is 1.66. The third-order valence-corrected chi connectivity index (χ3v) is 2.98. The van der Waals surface area contributed by atoms with Gasteiger partial charge in [-0.2, -0.15) is 15.1 Å². The van der Waals surface area contributed by atoms with E-state index in [0.29, 0.717) is 17.4 Å². The van der Waals surface area contributed by atoms with Crippen LogP contribution in [0.15, 0.2) is 22.7 Å². The van der Waals surface area contributed by atoms with Gasteiger partial charge in [-0.1, -0.05) is 0 Å². The number of nitrogens with one attached hydrogen (secondary N) is 3. The Kier molecular flexibility index (Phi) is 2.99. The lowest BCUT2D eigenvalue weighted by Crippen LogP contribution is -2.13. The number of aryl methyl sites for hydroxylation is 1. The van der Waals surface area contributed by atoms with Gasteiger partial charge < -0.3 is 9.73 Å². The number of nitrogens with zero attached hydrogens (tertiary/aromatic N) is 3. The summed E-state index contributed by atoms with van der Waals surface area (Å²) in [6, 6.07) is 3.82. The maximum atomic E-state index is 5.60. The minimum atomic E-state index is -0.0395. The zero-order chi connectivity index (χ0) is 14.1. The number of nitrogens with two attached hydrogens (primary N) is 1. The molecule has 20 heavy (non-hydrogen) atoms. The highest BCUT2D eigenvalue weighted by molar-refractivity contribution is 5.87. The minimum absolute atomic E-state index is 0.0395. The Hall–Kier alpha value is -2.61. The van der Waals surface area contributed by atoms with Gasteiger partial charge in [-0.3, -0.25) is 10.5 Å². The SMILES string of the molecule is Cc1ccc(C(C)Nc2nc(NN)nc3[nH]ncc23)o1. The number of anilines is 2. The molecule has 1 unspecified atom stereocenters. The standard InChI is InChI=1S/C12H15N7O/c1-6-3-4-9(20-6)7(2)15-10-8-5-14-19-11(8)17-12(16-10)18-13/h3-5,7H,13H2,1-2H3,(H3,14,15,16,17,18,19). The molecular formula is C12H15N7O. The molecule has 3 heterocycles. The van der Waals surface area contributed by atoms with Crippen molar-refractivity contribution in [3.8, 4) is 0 Å². The summed E-state index contributed by atoms with van der Waals surface area (Å²) >= 11 is 0. The van der Waals surface area contributed by atoms with Gasteiger partial charge in [0, 0.05) is 0 Å². The molecule has 3 aromatic rings. The Morgan fingerprint density at radius 1 is 1.35 bits per heavy atom. The van der Waals surface area contributed by atoms with Crippen LogP contribution in [0.5, 0.6) is 0 Å². The Balaban J connectivity index is 1.95. The maximum absolute atomic E-state index is 5.60. The summed E-state index contributed by atoms with van der Waals surface area (Å²) in [5.41, 5.74) is 3.04. The van der Waals surface area contributed by atoms with E-state index in [4.69, 9.17) is 10.3 Å². The van der Waals surface area contributed by atoms with E-state index in [9.17, 15) is 0 Å². The van der Waals surface area contributed by atoms with Crippen LogP contribution in [0.25, 0.3) is 11.0 Å². The lowest BCUT2D eigenvalue weighted by Gasteiger charge is -2.13. The van der Waals surface area contributed by atoms with Gasteiger partial charge in [0.2, 0.25) is 5.95 Å². The number of fused-ring (bicyclic) bond motifs is 1. The van der Waals surface area contributed by atoms with Gasteiger partial charge in [0.05, 0.1) is 17.6 Å². The van der Waals surface area contributed by atoms with Gasteiger partial charge in [-0.05, 0) is 26.0 Å². The van der Waals surface area contributed by atoms with Crippen LogP contribution < -0.4 is 16.6 Å². The molecule has 1 atom stereocenters. The van der Waals surface area contributed by atoms with Gasteiger partial charge in [0.15, 0.2) is 5.65 Å². The number of aromatic nitrogens is 4. The van der Waals surface area contributed by atoms with E-state index in [2.05, 4.69) is 30.9 Å². The Labute approximate surface area is 114 Å². The molecule has 0 aromatic carbocycles. The fourth-order valence-electron chi connectivity index (χ4n) is 1.97. The lowest BCUT2D eigenvalue weighted by molar-refractivity contribution is 0.466. The predicted molar refractivity (Wildman–Crippen MR) is 75.0 cm³/mol. The second-order valence-electron chi connectivity index (χ2n) is 4.49. The molecule has 3 aromatic heterocycles. The third-order valence-electron chi connectivity index (χ3n) is 2.98. The van der Waals surface area contributed by atoms with Crippen molar-refractivity contribution in [2.24, 2.45) is 5.84 Å². The first-order valence-electron chi connectivity index (χ1n) is 6.18. The lowest BCUT2D eigenvalue weighted by atomic mass is 10.2. The van der Waals surface area contributed by atoms with E-state index in [1.165, 1.54) is 0 Å². The number of nitrogen functional groups attached to an aromatic ring is 1. The van der Waals surface area contributed by atoms with E-state index in [0.717, 1.165) is 16.9 Å². The predicted octanol–water partition coefficient (Wildman–Crippen LogP) is 1.71. The van der Waals surface area contributed by atoms with Crippen LogP contribution in [-0.2, 0) is 0 Å². The molecule has 8 heteroatoms. The summed E-state index contributed by atoms with van der Waals surface area (Å²) < 4.78 is 5.60. The highest BCUT2D eigenvalue weighted by Crippen LogP contribution is 2.25. The number of hydrogen-bond acceptors (Lipinski definition) is 7. The molecule has 8 nitrogen and oxygen atoms in total. The van der Waals surface area contributed by atoms with Crippen LogP contribution in [0.4, 0.5) is 11.8 Å². The normalized spacial score (nSPS) is 12.6. The summed E-state index contributed by atoms with van der Waals surface area (Å²) in [4.78, 5) is 8.47. The highest BCUT2D eigenvalue weighted by atomic mass is 16.3. The monoisotopic (exact) mass is 273 g/mol. The zero-order valence-electron chi connectivity index (χ0n) is 11.1. The highest BCUT2D eigenvalue weighted by Gasteiger charge is 2.14. The van der Waals surface area contributed by atoms with Crippen molar-refractivity contribution >= 4 is 22.8 Å². The molecule has 5 N–H and O–H groups in total. The van der Waals surface area contributed by atoms with E-state index in [1.807, 2.05) is 26.0 Å². The maximum Gasteiger partial charge on any atom is 0.241 e. The molecule has 104 valence electrons. The van der Waals surface area contributed by atoms with E-state index >= 15 is 0 Å². The molecule has 0 bridgehead atoms. The van der Waals surface area contributed by atoms with Crippen LogP contribution in [0.1, 0.15) is 24.5 Å². The number of aromatic amines is 1. The van der Waals surface area contributed by atoms with Gasteiger partial charge in [-0.25, -0.2) is 5.84 Å². The van der Waals surface area contributed by atoms with Crippen LogP contribution in [0.3, 0.4) is 0 Å². The number of furan rings is 1. The van der Waals surface area contributed by atoms with Crippen molar-refractivity contribution in [1.82, 2.24) is 20.2 Å². The van der Waals surface area contributed by atoms with Gasteiger partial charge >= 0.3 is 0 Å². The Morgan fingerprint density at radius 2 is 2.20 bits per heavy atom. The minimum Gasteiger partial charge on any atom is -0.464 e. The molecule has 0 aliphatic heterocycles. The zero-order valence-corrected chi connectivity index (χ0v) is 11.1. The average Bonchev–Trinajstić information content (AvgIpc) is 3.06. The third kappa shape index (κ3) is 2.16. The second kappa shape index (κ2) is 4.82. The Morgan fingerprint density at radius 3 is 2.90 bits per heavy atom. The van der Waals surface area contributed by atoms with Crippen molar-refractivity contribution in [1.29, 1.82) is 0 Å². The molecule has 0 spiro atoms. The molecule has 0 fully saturated rings. The van der Waals surface area contributed by atoms with Gasteiger partial charge in [0.1, 0.15) is 17.3 Å². The first kappa shape index (κ1) is 12.4. The van der Waals surface area contributed by atoms with Crippen LogP contribution >= 0.6 is 0 Å². The van der Waals surface area contributed by atoms with Gasteiger partial charge in [-0.15, -0.1) is 0 Å². The molecular weight excluding hydrogens is 258 g/mol. The molecule has 0 saturated carbocycles. The molecule has 0 amide bonds. The van der Waals surface area contributed by atoms with Gasteiger partial charge in [0.25, 0.3) is 0 Å². The van der Waals surface area contributed by atoms with E-state index < -0.39 is 0 Å². The quantitative estimate of drug-likeness (QED) is 0.422. The smallest absolute Gasteiger partial charge is 0.241 e. The first-order chi connectivity index (χ1) is 9.67. The fraction of sp³-hybridized carbons (Fsp3) is 0.250. The summed E-state index contributed by atoms with van der Waals surface area (Å²) in [6.45, 7) is 3.90. The number of hydrazine groups is 1. The van der Waals surface area contributed by atoms with Crippen molar-refractivity contribution in [2.45, 2.75) is 19.9 Å². The molecule has 3 rings (SSSR count). The van der Waals surface area contributed by atoms with Crippen LogP contribution in [-0.4, -0.2) is 20.2 Å². The summed E-state index contributed by atoms with van der Waals surface area (Å²) in [7, 11) is 0. The fourth-order valence-corrected chi connectivity index (χ4v) is 1.97. The molecule has 0 aliphatic rings. The van der Waals surface area contributed by atoms with Crippen molar-refractivity contribution in [2.75, 3.05) is 10.7 Å². The Bertz CT molecular complexity index is 732. The first-order valence-corrected chi connectivity index (χ1v) is 6.18. The number of rotatable bonds is 4. The number of H-pyrrole nitrogens is 1. The van der Waals surface area contributed by atoms with Crippen molar-refractivity contribution in [3.05, 3.63) is 29.9 Å². The molecule has 0 radical (unpaired) electrons. The van der Waals surface area contributed by atoms with Crippen molar-refractivity contribution < 1.29 is 4.42 Å². The molecule has 0 saturated heterocycles. The average molecular weight is 273 g/mol. The molecule has 0 aliphatic carbocycles. The number of hydrogen-bond donors (Lipinski definition) is 4.